The Morgan fingerprint density at radius 2 is 1.58 bits per heavy atom. The van der Waals surface area contributed by atoms with Crippen LogP contribution in [0.4, 0.5) is 10.5 Å². The number of benzene rings is 2. The van der Waals surface area contributed by atoms with E-state index in [9.17, 15) is 9.59 Å². The highest BCUT2D eigenvalue weighted by atomic mass is 16.2. The number of nitrogens with zero attached hydrogens (tertiary/aromatic N) is 1. The van der Waals surface area contributed by atoms with Crippen LogP contribution in [-0.2, 0) is 0 Å². The quantitative estimate of drug-likeness (QED) is 0.787. The van der Waals surface area contributed by atoms with Gasteiger partial charge in [-0.2, -0.15) is 0 Å². The molecule has 2 aromatic carbocycles. The SMILES string of the molecule is CCN(CC)C(=O)c1ccc(NC(=O)NC[C@@H](C)c2ccccc2)cc1. The van der Waals surface area contributed by atoms with Crippen LogP contribution in [-0.4, -0.2) is 36.5 Å². The molecule has 1 atom stereocenters. The number of nitrogens with one attached hydrogen (secondary N) is 2. The molecule has 0 spiro atoms. The fourth-order valence-corrected chi connectivity index (χ4v) is 2.71. The van der Waals surface area contributed by atoms with E-state index in [-0.39, 0.29) is 17.9 Å². The fraction of sp³-hybridized carbons (Fsp3) is 0.333. The zero-order chi connectivity index (χ0) is 18.9. The number of amides is 3. The molecule has 26 heavy (non-hydrogen) atoms. The zero-order valence-electron chi connectivity index (χ0n) is 15.7. The number of anilines is 1. The molecule has 0 aliphatic rings. The van der Waals surface area contributed by atoms with Crippen molar-refractivity contribution < 1.29 is 9.59 Å². The average Bonchev–Trinajstić information content (AvgIpc) is 2.68. The largest absolute Gasteiger partial charge is 0.339 e. The summed E-state index contributed by atoms with van der Waals surface area (Å²) in [7, 11) is 0. The molecule has 0 unspecified atom stereocenters. The maximum absolute atomic E-state index is 12.3. The zero-order valence-corrected chi connectivity index (χ0v) is 15.7. The van der Waals surface area contributed by atoms with Gasteiger partial charge in [-0.1, -0.05) is 37.3 Å². The van der Waals surface area contributed by atoms with E-state index in [2.05, 4.69) is 29.7 Å². The lowest BCUT2D eigenvalue weighted by atomic mass is 10.0. The van der Waals surface area contributed by atoms with Gasteiger partial charge in [-0.25, -0.2) is 4.79 Å². The van der Waals surface area contributed by atoms with E-state index in [1.54, 1.807) is 29.2 Å². The van der Waals surface area contributed by atoms with Crippen molar-refractivity contribution >= 4 is 17.6 Å². The van der Waals surface area contributed by atoms with Crippen molar-refractivity contribution in [3.63, 3.8) is 0 Å². The molecule has 0 bridgehead atoms. The van der Waals surface area contributed by atoms with Gasteiger partial charge in [0.2, 0.25) is 0 Å². The van der Waals surface area contributed by atoms with E-state index >= 15 is 0 Å². The molecule has 0 radical (unpaired) electrons. The van der Waals surface area contributed by atoms with E-state index in [0.717, 1.165) is 0 Å². The molecule has 0 saturated carbocycles. The first-order valence-electron chi connectivity index (χ1n) is 9.04. The monoisotopic (exact) mass is 353 g/mol. The summed E-state index contributed by atoms with van der Waals surface area (Å²) in [4.78, 5) is 26.1. The molecule has 5 nitrogen and oxygen atoms in total. The van der Waals surface area contributed by atoms with Crippen molar-refractivity contribution in [2.75, 3.05) is 25.0 Å². The van der Waals surface area contributed by atoms with Gasteiger partial charge in [0.15, 0.2) is 0 Å². The highest BCUT2D eigenvalue weighted by Crippen LogP contribution is 2.14. The third-order valence-corrected chi connectivity index (χ3v) is 4.38. The van der Waals surface area contributed by atoms with Gasteiger partial charge in [-0.3, -0.25) is 4.79 Å². The number of rotatable bonds is 7. The molecule has 138 valence electrons. The summed E-state index contributed by atoms with van der Waals surface area (Å²) in [6.45, 7) is 7.89. The van der Waals surface area contributed by atoms with Gasteiger partial charge in [0.05, 0.1) is 0 Å². The van der Waals surface area contributed by atoms with Crippen molar-refractivity contribution in [2.24, 2.45) is 0 Å². The number of carbonyl (C=O) groups excluding carboxylic acids is 2. The highest BCUT2D eigenvalue weighted by Gasteiger charge is 2.12. The van der Waals surface area contributed by atoms with Crippen molar-refractivity contribution in [3.05, 3.63) is 65.7 Å². The van der Waals surface area contributed by atoms with Crippen LogP contribution < -0.4 is 10.6 Å². The Kier molecular flexibility index (Phi) is 7.21. The molecular formula is C21H27N3O2. The molecule has 0 aromatic heterocycles. The van der Waals surface area contributed by atoms with Gasteiger partial charge >= 0.3 is 6.03 Å². The minimum absolute atomic E-state index is 0.00249. The predicted molar refractivity (Wildman–Crippen MR) is 106 cm³/mol. The van der Waals surface area contributed by atoms with E-state index in [1.807, 2.05) is 32.0 Å². The number of hydrogen-bond acceptors (Lipinski definition) is 2. The smallest absolute Gasteiger partial charge is 0.319 e. The van der Waals surface area contributed by atoms with E-state index in [4.69, 9.17) is 0 Å². The Labute approximate surface area is 155 Å². The van der Waals surface area contributed by atoms with Gasteiger partial charge < -0.3 is 15.5 Å². The van der Waals surface area contributed by atoms with Gasteiger partial charge in [-0.15, -0.1) is 0 Å². The average molecular weight is 353 g/mol. The molecule has 0 aliphatic heterocycles. The predicted octanol–water partition coefficient (Wildman–Crippen LogP) is 4.09. The minimum atomic E-state index is -0.254. The first-order chi connectivity index (χ1) is 12.5. The Morgan fingerprint density at radius 3 is 2.15 bits per heavy atom. The summed E-state index contributed by atoms with van der Waals surface area (Å²) < 4.78 is 0. The van der Waals surface area contributed by atoms with E-state index in [0.29, 0.717) is 30.9 Å². The molecule has 2 rings (SSSR count). The summed E-state index contributed by atoms with van der Waals surface area (Å²) in [5, 5.41) is 5.68. The maximum Gasteiger partial charge on any atom is 0.319 e. The molecule has 2 aromatic rings. The van der Waals surface area contributed by atoms with Crippen LogP contribution in [0.3, 0.4) is 0 Å². The third-order valence-electron chi connectivity index (χ3n) is 4.38. The van der Waals surface area contributed by atoms with Gasteiger partial charge in [0.25, 0.3) is 5.91 Å². The number of carbonyl (C=O) groups is 2. The van der Waals surface area contributed by atoms with Gasteiger partial charge in [0.1, 0.15) is 0 Å². The molecule has 2 N–H and O–H groups in total. The van der Waals surface area contributed by atoms with Crippen molar-refractivity contribution in [1.82, 2.24) is 10.2 Å². The van der Waals surface area contributed by atoms with Gasteiger partial charge in [-0.05, 0) is 49.6 Å². The first-order valence-corrected chi connectivity index (χ1v) is 9.04. The summed E-state index contributed by atoms with van der Waals surface area (Å²) in [5.74, 6) is 0.235. The van der Waals surface area contributed by atoms with Crippen LogP contribution in [0.1, 0.15) is 42.6 Å². The van der Waals surface area contributed by atoms with Crippen molar-refractivity contribution in [1.29, 1.82) is 0 Å². The number of urea groups is 1. The standard InChI is InChI=1S/C21H27N3O2/c1-4-24(5-2)20(25)18-11-13-19(14-12-18)23-21(26)22-15-16(3)17-9-7-6-8-10-17/h6-14,16H,4-5,15H2,1-3H3,(H2,22,23,26)/t16-/m1/s1. The Balaban J connectivity index is 1.86. The lowest BCUT2D eigenvalue weighted by Crippen LogP contribution is -2.32. The van der Waals surface area contributed by atoms with Crippen molar-refractivity contribution in [3.8, 4) is 0 Å². The topological polar surface area (TPSA) is 61.4 Å². The number of hydrogen-bond donors (Lipinski definition) is 2. The first kappa shape index (κ1) is 19.5. The highest BCUT2D eigenvalue weighted by molar-refractivity contribution is 5.95. The lowest BCUT2D eigenvalue weighted by Gasteiger charge is -2.18. The molecule has 3 amide bonds. The molecule has 5 heteroatoms. The minimum Gasteiger partial charge on any atom is -0.339 e. The van der Waals surface area contributed by atoms with E-state index < -0.39 is 0 Å². The Bertz CT molecular complexity index is 710. The normalized spacial score (nSPS) is 11.5. The molecular weight excluding hydrogens is 326 g/mol. The maximum atomic E-state index is 12.3. The van der Waals surface area contributed by atoms with Crippen LogP contribution in [0.2, 0.25) is 0 Å². The molecule has 0 aliphatic carbocycles. The van der Waals surface area contributed by atoms with Crippen LogP contribution in [0.5, 0.6) is 0 Å². The third kappa shape index (κ3) is 5.34. The molecule has 0 fully saturated rings. The molecule has 0 heterocycles. The van der Waals surface area contributed by atoms with Crippen LogP contribution in [0.15, 0.2) is 54.6 Å². The molecule has 0 saturated heterocycles. The van der Waals surface area contributed by atoms with Crippen LogP contribution in [0, 0.1) is 0 Å². The van der Waals surface area contributed by atoms with Crippen molar-refractivity contribution in [2.45, 2.75) is 26.7 Å². The Morgan fingerprint density at radius 1 is 0.962 bits per heavy atom. The van der Waals surface area contributed by atoms with Crippen LogP contribution in [0.25, 0.3) is 0 Å². The summed E-state index contributed by atoms with van der Waals surface area (Å²) in [6, 6.07) is 16.8. The fourth-order valence-electron chi connectivity index (χ4n) is 2.71. The van der Waals surface area contributed by atoms with Crippen LogP contribution >= 0.6 is 0 Å². The second-order valence-electron chi connectivity index (χ2n) is 6.20. The summed E-state index contributed by atoms with van der Waals surface area (Å²) in [6.07, 6.45) is 0. The Hall–Kier alpha value is -2.82. The second-order valence-corrected chi connectivity index (χ2v) is 6.20. The second kappa shape index (κ2) is 9.61. The van der Waals surface area contributed by atoms with E-state index in [1.165, 1.54) is 5.56 Å². The lowest BCUT2D eigenvalue weighted by molar-refractivity contribution is 0.0773. The summed E-state index contributed by atoms with van der Waals surface area (Å²) >= 11 is 0. The summed E-state index contributed by atoms with van der Waals surface area (Å²) in [5.41, 5.74) is 2.47. The van der Waals surface area contributed by atoms with Gasteiger partial charge in [0, 0.05) is 30.9 Å².